The van der Waals surface area contributed by atoms with Gasteiger partial charge in [-0.2, -0.15) is 19.0 Å². The van der Waals surface area contributed by atoms with Crippen LogP contribution >= 0.6 is 11.6 Å². The van der Waals surface area contributed by atoms with Gasteiger partial charge in [-0.05, 0) is 58.9 Å². The number of hydrogen-bond acceptors (Lipinski definition) is 8. The molecule has 2 aromatic heterocycles. The van der Waals surface area contributed by atoms with Crippen LogP contribution in [-0.4, -0.2) is 53.9 Å². The number of guanidine groups is 1. The quantitative estimate of drug-likeness (QED) is 0.174. The summed E-state index contributed by atoms with van der Waals surface area (Å²) in [5.41, 5.74) is 6.96. The minimum atomic E-state index is -2.79. The minimum Gasteiger partial charge on any atom is -0.463 e. The van der Waals surface area contributed by atoms with Crippen molar-refractivity contribution < 1.29 is 27.2 Å². The second-order valence-electron chi connectivity index (χ2n) is 14.2. The van der Waals surface area contributed by atoms with Crippen molar-refractivity contribution in [2.45, 2.75) is 71.5 Å². The van der Waals surface area contributed by atoms with Crippen LogP contribution in [0.25, 0.3) is 22.5 Å². The lowest BCUT2D eigenvalue weighted by Gasteiger charge is -2.35. The number of aliphatic imine (C=N–C) groups is 1. The molecule has 0 radical (unpaired) electrons. The molecular formula is C35H39ClF2N8O3. The number of carbonyl (C=O) groups excluding carboxylic acids is 2. The van der Waals surface area contributed by atoms with Gasteiger partial charge in [0.1, 0.15) is 12.9 Å². The monoisotopic (exact) mass is 695 g/mol. The highest BCUT2D eigenvalue weighted by Crippen LogP contribution is 2.49. The number of aryl methyl sites for hydroxylation is 1. The Bertz CT molecular complexity index is 2020. The number of ether oxygens (including phenoxy) is 1. The van der Waals surface area contributed by atoms with Crippen LogP contribution in [0.1, 0.15) is 81.2 Å². The zero-order valence-corrected chi connectivity index (χ0v) is 28.3. The van der Waals surface area contributed by atoms with Crippen LogP contribution in [0.15, 0.2) is 66.2 Å². The molecule has 0 bridgehead atoms. The molecule has 11 nitrogen and oxygen atoms in total. The number of amides is 1. The number of nitrogens with zero attached hydrogens (tertiary/aromatic N) is 7. The maximum Gasteiger partial charge on any atom is 0.333 e. The number of nitrogens with two attached hydrogens (primary N) is 1. The summed E-state index contributed by atoms with van der Waals surface area (Å²) in [4.78, 5) is 38.3. The van der Waals surface area contributed by atoms with Gasteiger partial charge in [0.2, 0.25) is 0 Å². The molecule has 1 fully saturated rings. The third-order valence-electron chi connectivity index (χ3n) is 8.90. The van der Waals surface area contributed by atoms with E-state index in [0.717, 1.165) is 23.9 Å². The highest BCUT2D eigenvalue weighted by atomic mass is 35.5. The summed E-state index contributed by atoms with van der Waals surface area (Å²) >= 11 is 6.57. The first-order chi connectivity index (χ1) is 24.3. The Morgan fingerprint density at radius 2 is 1.90 bits per heavy atom. The number of hydrogen-bond donors (Lipinski definition) is 1. The van der Waals surface area contributed by atoms with Gasteiger partial charge in [-0.1, -0.05) is 69.6 Å². The van der Waals surface area contributed by atoms with E-state index in [1.54, 1.807) is 42.5 Å². The zero-order chi connectivity index (χ0) is 37.8. The van der Waals surface area contributed by atoms with Gasteiger partial charge in [-0.25, -0.2) is 14.7 Å². The summed E-state index contributed by atoms with van der Waals surface area (Å²) in [7, 11) is 0. The summed E-state index contributed by atoms with van der Waals surface area (Å²) in [6.07, 6.45) is 5.94. The van der Waals surface area contributed by atoms with Crippen LogP contribution in [0, 0.1) is 10.8 Å². The van der Waals surface area contributed by atoms with Gasteiger partial charge in [0.25, 0.3) is 5.91 Å². The lowest BCUT2D eigenvalue weighted by atomic mass is 9.75. The summed E-state index contributed by atoms with van der Waals surface area (Å²) in [5.74, 6) is -0.954. The van der Waals surface area contributed by atoms with Crippen molar-refractivity contribution >= 4 is 29.4 Å². The molecule has 14 heteroatoms. The Balaban J connectivity index is 1.39. The van der Waals surface area contributed by atoms with E-state index in [9.17, 15) is 18.4 Å². The van der Waals surface area contributed by atoms with Crippen LogP contribution in [0.4, 0.5) is 8.78 Å². The molecule has 1 saturated carbocycles. The first-order valence-electron chi connectivity index (χ1n) is 17.3. The normalized spacial score (nSPS) is 20.5. The van der Waals surface area contributed by atoms with Gasteiger partial charge in [0.05, 0.1) is 23.7 Å². The molecule has 2 aromatic carbocycles. The SMILES string of the molecule is [2H]C([2H])([2H])n1cnc(-c2cc([C@@H](COC(=O)CC3(C)CC3)N3C(=O)[C@@](CC(C)(C)C)(c4ccc(-c5cnn(C(F)F)c5)cc4)N=C3N)ccc2Cl)n1. The van der Waals surface area contributed by atoms with Gasteiger partial charge in [0.15, 0.2) is 17.3 Å². The average molecular weight is 696 g/mol. The number of alkyl halides is 2. The number of esters is 1. The van der Waals surface area contributed by atoms with Crippen LogP contribution < -0.4 is 5.73 Å². The Morgan fingerprint density at radius 1 is 1.16 bits per heavy atom. The lowest BCUT2D eigenvalue weighted by molar-refractivity contribution is -0.148. The number of halogens is 3. The molecule has 1 aliphatic heterocycles. The molecule has 2 N–H and O–H groups in total. The standard InChI is InChI=1S/C35H39ClF2N8O3/c1-33(2,3)19-35(24-9-6-21(7-10-24)23-16-41-45(17-23)31(37)38)30(48)46(32(39)42-35)27(18-49-28(47)15-34(4)12-13-34)22-8-11-26(36)25(14-22)29-40-20-44(5)43-29/h6-11,14,16-17,20,27,31H,12-13,15,18-19H2,1-5H3,(H2,39,42)/t27-,35-/m1/s1/i5D3. The lowest BCUT2D eigenvalue weighted by Crippen LogP contribution is -2.47. The molecule has 258 valence electrons. The maximum absolute atomic E-state index is 15.0. The third-order valence-corrected chi connectivity index (χ3v) is 9.23. The Labute approximate surface area is 292 Å². The fraction of sp³-hybridized carbons (Fsp3) is 0.429. The molecule has 3 heterocycles. The second-order valence-corrected chi connectivity index (χ2v) is 14.7. The average Bonchev–Trinajstić information content (AvgIpc) is 3.43. The minimum absolute atomic E-state index is 0.0380. The number of rotatable bonds is 11. The van der Waals surface area contributed by atoms with E-state index in [0.29, 0.717) is 26.9 Å². The van der Waals surface area contributed by atoms with Crippen LogP contribution in [0.2, 0.25) is 5.02 Å². The van der Waals surface area contributed by atoms with E-state index in [1.807, 2.05) is 27.7 Å². The third kappa shape index (κ3) is 7.08. The molecule has 2 atom stereocenters. The molecule has 4 aromatic rings. The van der Waals surface area contributed by atoms with Crippen molar-refractivity contribution in [3.63, 3.8) is 0 Å². The molecule has 1 amide bonds. The van der Waals surface area contributed by atoms with Crippen LogP contribution in [0.5, 0.6) is 0 Å². The van der Waals surface area contributed by atoms with Gasteiger partial charge in [-0.3, -0.25) is 19.2 Å². The van der Waals surface area contributed by atoms with E-state index in [4.69, 9.17) is 31.2 Å². The van der Waals surface area contributed by atoms with E-state index in [2.05, 4.69) is 15.2 Å². The highest BCUT2D eigenvalue weighted by molar-refractivity contribution is 6.33. The van der Waals surface area contributed by atoms with Crippen molar-refractivity contribution in [2.24, 2.45) is 28.5 Å². The first kappa shape index (κ1) is 30.4. The maximum atomic E-state index is 15.0. The fourth-order valence-corrected chi connectivity index (χ4v) is 6.40. The van der Waals surface area contributed by atoms with E-state index >= 15 is 0 Å². The predicted molar refractivity (Wildman–Crippen MR) is 180 cm³/mol. The molecule has 0 saturated heterocycles. The van der Waals surface area contributed by atoms with Gasteiger partial charge < -0.3 is 10.5 Å². The number of benzene rings is 2. The summed E-state index contributed by atoms with van der Waals surface area (Å²) in [5, 5.41) is 8.05. The molecule has 49 heavy (non-hydrogen) atoms. The Kier molecular flexibility index (Phi) is 7.86. The van der Waals surface area contributed by atoms with Crippen molar-refractivity contribution in [3.8, 4) is 22.5 Å². The Morgan fingerprint density at radius 3 is 2.51 bits per heavy atom. The summed E-state index contributed by atoms with van der Waals surface area (Å²) < 4.78 is 56.6. The van der Waals surface area contributed by atoms with E-state index in [1.165, 1.54) is 17.3 Å². The van der Waals surface area contributed by atoms with Crippen molar-refractivity contribution in [1.82, 2.24) is 29.4 Å². The molecule has 6 rings (SSSR count). The predicted octanol–water partition coefficient (Wildman–Crippen LogP) is 6.66. The zero-order valence-electron chi connectivity index (χ0n) is 30.5. The second kappa shape index (κ2) is 12.7. The number of aromatic nitrogens is 5. The van der Waals surface area contributed by atoms with Gasteiger partial charge in [0, 0.05) is 28.4 Å². The Hall–Kier alpha value is -4.65. The van der Waals surface area contributed by atoms with E-state index < -0.39 is 42.4 Å². The number of carbonyl (C=O) groups is 2. The molecule has 2 aliphatic rings. The molecular weight excluding hydrogens is 654 g/mol. The largest absolute Gasteiger partial charge is 0.463 e. The molecule has 0 unspecified atom stereocenters. The summed E-state index contributed by atoms with van der Waals surface area (Å²) in [6.45, 7) is 2.29. The molecule has 1 aliphatic carbocycles. The first-order valence-corrected chi connectivity index (χ1v) is 16.2. The van der Waals surface area contributed by atoms with Crippen molar-refractivity contribution in [2.75, 3.05) is 6.61 Å². The van der Waals surface area contributed by atoms with Gasteiger partial charge in [-0.15, -0.1) is 0 Å². The topological polar surface area (TPSA) is 134 Å². The smallest absolute Gasteiger partial charge is 0.333 e. The van der Waals surface area contributed by atoms with Crippen molar-refractivity contribution in [3.05, 3.63) is 77.3 Å². The van der Waals surface area contributed by atoms with Gasteiger partial charge >= 0.3 is 12.5 Å². The van der Waals surface area contributed by atoms with Crippen molar-refractivity contribution in [1.29, 1.82) is 0 Å². The molecule has 0 spiro atoms. The highest BCUT2D eigenvalue weighted by Gasteiger charge is 2.53. The van der Waals surface area contributed by atoms with Crippen LogP contribution in [0.3, 0.4) is 0 Å². The summed E-state index contributed by atoms with van der Waals surface area (Å²) in [6, 6.07) is 10.7. The van der Waals surface area contributed by atoms with E-state index in [-0.39, 0.29) is 47.2 Å². The van der Waals surface area contributed by atoms with Crippen LogP contribution in [-0.2, 0) is 26.8 Å². The fourth-order valence-electron chi connectivity index (χ4n) is 6.20.